The van der Waals surface area contributed by atoms with Crippen molar-refractivity contribution in [2.24, 2.45) is 0 Å². The number of halogens is 2. The van der Waals surface area contributed by atoms with Crippen molar-refractivity contribution in [3.05, 3.63) is 62.3 Å². The number of aromatic nitrogens is 1. The molecule has 0 aliphatic rings. The molecule has 1 aromatic carbocycles. The SMILES string of the molecule is C[C@@H](OC(=O)c1cc(Cl)ccc1[N+](=O)[O-])C(=O)Nc1ccc(Cl)cn1. The third-order valence-electron chi connectivity index (χ3n) is 3.01. The van der Waals surface area contributed by atoms with Crippen LogP contribution in [0, 0.1) is 10.1 Å². The Bertz CT molecular complexity index is 826. The fraction of sp³-hybridized carbons (Fsp3) is 0.133. The molecule has 1 amide bonds. The number of carbonyl (C=O) groups is 2. The van der Waals surface area contributed by atoms with E-state index in [-0.39, 0.29) is 16.4 Å². The molecule has 130 valence electrons. The van der Waals surface area contributed by atoms with Crippen LogP contribution in [0.25, 0.3) is 0 Å². The highest BCUT2D eigenvalue weighted by atomic mass is 35.5. The minimum Gasteiger partial charge on any atom is -0.449 e. The van der Waals surface area contributed by atoms with Gasteiger partial charge in [0.2, 0.25) is 0 Å². The monoisotopic (exact) mass is 383 g/mol. The summed E-state index contributed by atoms with van der Waals surface area (Å²) in [5.41, 5.74) is -0.817. The van der Waals surface area contributed by atoms with Gasteiger partial charge >= 0.3 is 5.97 Å². The maximum absolute atomic E-state index is 12.1. The first-order chi connectivity index (χ1) is 11.8. The van der Waals surface area contributed by atoms with E-state index < -0.39 is 28.6 Å². The summed E-state index contributed by atoms with van der Waals surface area (Å²) in [7, 11) is 0. The van der Waals surface area contributed by atoms with Gasteiger partial charge in [-0.25, -0.2) is 9.78 Å². The summed E-state index contributed by atoms with van der Waals surface area (Å²) in [5.74, 6) is -1.49. The molecule has 0 unspecified atom stereocenters. The number of hydrogen-bond donors (Lipinski definition) is 1. The molecule has 0 radical (unpaired) electrons. The summed E-state index contributed by atoms with van der Waals surface area (Å²) in [6.45, 7) is 1.32. The van der Waals surface area contributed by atoms with Gasteiger partial charge in [-0.2, -0.15) is 0 Å². The molecule has 2 rings (SSSR count). The van der Waals surface area contributed by atoms with E-state index in [1.54, 1.807) is 0 Å². The molecule has 1 atom stereocenters. The Morgan fingerprint density at radius 3 is 2.52 bits per heavy atom. The molecular formula is C15H11Cl2N3O5. The standard InChI is InChI=1S/C15H11Cl2N3O5/c1-8(14(21)19-13-5-3-10(17)7-18-13)25-15(22)11-6-9(16)2-4-12(11)20(23)24/h2-8H,1H3,(H,18,19,21)/t8-/m1/s1. The second-order valence-corrected chi connectivity index (χ2v) is 5.69. The van der Waals surface area contributed by atoms with Crippen molar-refractivity contribution in [1.82, 2.24) is 4.98 Å². The second kappa shape index (κ2) is 7.91. The van der Waals surface area contributed by atoms with Crippen molar-refractivity contribution in [2.45, 2.75) is 13.0 Å². The number of anilines is 1. The van der Waals surface area contributed by atoms with Gasteiger partial charge in [-0.3, -0.25) is 14.9 Å². The molecule has 1 aromatic heterocycles. The van der Waals surface area contributed by atoms with E-state index >= 15 is 0 Å². The lowest BCUT2D eigenvalue weighted by Crippen LogP contribution is -2.30. The summed E-state index contributed by atoms with van der Waals surface area (Å²) in [6, 6.07) is 6.46. The van der Waals surface area contributed by atoms with Gasteiger partial charge in [0.05, 0.1) is 9.95 Å². The summed E-state index contributed by atoms with van der Waals surface area (Å²) in [4.78, 5) is 38.3. The molecule has 0 aliphatic heterocycles. The predicted octanol–water partition coefficient (Wildman–Crippen LogP) is 3.48. The topological polar surface area (TPSA) is 111 Å². The number of hydrogen-bond acceptors (Lipinski definition) is 6. The number of carbonyl (C=O) groups excluding carboxylic acids is 2. The molecule has 1 N–H and O–H groups in total. The zero-order valence-electron chi connectivity index (χ0n) is 12.7. The van der Waals surface area contributed by atoms with Crippen LogP contribution in [0.3, 0.4) is 0 Å². The van der Waals surface area contributed by atoms with E-state index in [2.05, 4.69) is 10.3 Å². The molecule has 0 saturated carbocycles. The molecule has 10 heteroatoms. The quantitative estimate of drug-likeness (QED) is 0.480. The number of nitro benzene ring substituents is 1. The number of benzene rings is 1. The highest BCUT2D eigenvalue weighted by molar-refractivity contribution is 6.31. The minimum absolute atomic E-state index is 0.125. The predicted molar refractivity (Wildman–Crippen MR) is 90.9 cm³/mol. The fourth-order valence-electron chi connectivity index (χ4n) is 1.79. The number of esters is 1. The zero-order chi connectivity index (χ0) is 18.6. The Morgan fingerprint density at radius 2 is 1.92 bits per heavy atom. The highest BCUT2D eigenvalue weighted by Crippen LogP contribution is 2.24. The van der Waals surface area contributed by atoms with Crippen LogP contribution in [-0.2, 0) is 9.53 Å². The lowest BCUT2D eigenvalue weighted by atomic mass is 10.2. The van der Waals surface area contributed by atoms with Crippen molar-refractivity contribution < 1.29 is 19.2 Å². The van der Waals surface area contributed by atoms with E-state index in [9.17, 15) is 19.7 Å². The van der Waals surface area contributed by atoms with Crippen LogP contribution in [0.1, 0.15) is 17.3 Å². The third kappa shape index (κ3) is 4.88. The second-order valence-electron chi connectivity index (χ2n) is 4.82. The van der Waals surface area contributed by atoms with Gasteiger partial charge in [-0.05, 0) is 31.2 Å². The zero-order valence-corrected chi connectivity index (χ0v) is 14.2. The number of nitrogens with one attached hydrogen (secondary N) is 1. The number of nitrogens with zero attached hydrogens (tertiary/aromatic N) is 2. The number of amides is 1. The van der Waals surface area contributed by atoms with Crippen molar-refractivity contribution in [3.63, 3.8) is 0 Å². The largest absolute Gasteiger partial charge is 0.449 e. The molecule has 8 nitrogen and oxygen atoms in total. The molecule has 0 aliphatic carbocycles. The molecule has 2 aromatic rings. The smallest absolute Gasteiger partial charge is 0.345 e. The van der Waals surface area contributed by atoms with Crippen molar-refractivity contribution in [3.8, 4) is 0 Å². The van der Waals surface area contributed by atoms with E-state index in [0.29, 0.717) is 5.02 Å². The fourth-order valence-corrected chi connectivity index (χ4v) is 2.07. The Kier molecular flexibility index (Phi) is 5.89. The van der Waals surface area contributed by atoms with Gasteiger partial charge in [0, 0.05) is 17.3 Å². The average Bonchev–Trinajstić information content (AvgIpc) is 2.56. The van der Waals surface area contributed by atoms with Gasteiger partial charge in [-0.15, -0.1) is 0 Å². The van der Waals surface area contributed by atoms with Gasteiger partial charge in [0.1, 0.15) is 11.4 Å². The van der Waals surface area contributed by atoms with Gasteiger partial charge in [0.25, 0.3) is 11.6 Å². The van der Waals surface area contributed by atoms with Crippen LogP contribution in [0.2, 0.25) is 10.0 Å². The third-order valence-corrected chi connectivity index (χ3v) is 3.47. The normalized spacial score (nSPS) is 11.5. The maximum Gasteiger partial charge on any atom is 0.345 e. The number of pyridine rings is 1. The maximum atomic E-state index is 12.1. The Labute approximate surface area is 151 Å². The van der Waals surface area contributed by atoms with Crippen LogP contribution in [0.15, 0.2) is 36.5 Å². The van der Waals surface area contributed by atoms with Crippen molar-refractivity contribution >= 4 is 46.6 Å². The summed E-state index contributed by atoms with van der Waals surface area (Å²) in [6.07, 6.45) is 0.118. The van der Waals surface area contributed by atoms with Crippen LogP contribution in [0.4, 0.5) is 11.5 Å². The Hall–Kier alpha value is -2.71. The lowest BCUT2D eigenvalue weighted by Gasteiger charge is -2.13. The molecule has 25 heavy (non-hydrogen) atoms. The summed E-state index contributed by atoms with van der Waals surface area (Å²) in [5, 5.41) is 13.9. The first-order valence-corrected chi connectivity index (χ1v) is 7.61. The summed E-state index contributed by atoms with van der Waals surface area (Å²) >= 11 is 11.4. The first kappa shape index (κ1) is 18.6. The Balaban J connectivity index is 2.09. The molecule has 0 saturated heterocycles. The first-order valence-electron chi connectivity index (χ1n) is 6.85. The number of rotatable bonds is 5. The Morgan fingerprint density at radius 1 is 1.24 bits per heavy atom. The minimum atomic E-state index is -1.22. The van der Waals surface area contributed by atoms with E-state index in [1.807, 2.05) is 0 Å². The van der Waals surface area contributed by atoms with E-state index in [0.717, 1.165) is 12.1 Å². The van der Waals surface area contributed by atoms with Crippen LogP contribution in [0.5, 0.6) is 0 Å². The van der Waals surface area contributed by atoms with Gasteiger partial charge < -0.3 is 10.1 Å². The van der Waals surface area contributed by atoms with Crippen molar-refractivity contribution in [1.29, 1.82) is 0 Å². The average molecular weight is 384 g/mol. The van der Waals surface area contributed by atoms with Crippen LogP contribution >= 0.6 is 23.2 Å². The number of nitro groups is 1. The van der Waals surface area contributed by atoms with Crippen molar-refractivity contribution in [2.75, 3.05) is 5.32 Å². The van der Waals surface area contributed by atoms with E-state index in [1.165, 1.54) is 31.3 Å². The van der Waals surface area contributed by atoms with E-state index in [4.69, 9.17) is 27.9 Å². The van der Waals surface area contributed by atoms with Crippen LogP contribution in [-0.4, -0.2) is 27.9 Å². The summed E-state index contributed by atoms with van der Waals surface area (Å²) < 4.78 is 4.97. The van der Waals surface area contributed by atoms with Crippen LogP contribution < -0.4 is 5.32 Å². The molecule has 0 bridgehead atoms. The molecular weight excluding hydrogens is 373 g/mol. The molecule has 1 heterocycles. The number of ether oxygens (including phenoxy) is 1. The molecule has 0 spiro atoms. The molecule has 0 fully saturated rings. The highest BCUT2D eigenvalue weighted by Gasteiger charge is 2.25. The van der Waals surface area contributed by atoms with Gasteiger partial charge in [0.15, 0.2) is 6.10 Å². The van der Waals surface area contributed by atoms with Gasteiger partial charge in [-0.1, -0.05) is 23.2 Å². The lowest BCUT2D eigenvalue weighted by molar-refractivity contribution is -0.385.